The van der Waals surface area contributed by atoms with Crippen LogP contribution in [0.5, 0.6) is 0 Å². The minimum Gasteiger partial charge on any atom is -0.394 e. The van der Waals surface area contributed by atoms with E-state index in [1.807, 2.05) is 0 Å². The van der Waals surface area contributed by atoms with Gasteiger partial charge in [-0.25, -0.2) is 0 Å². The Bertz CT molecular complexity index is 877. The van der Waals surface area contributed by atoms with E-state index in [4.69, 9.17) is 9.47 Å². The van der Waals surface area contributed by atoms with E-state index < -0.39 is 74.2 Å². The fraction of sp³-hybridized carbons (Fsp3) is 0.929. The molecular formula is C42H81NO10. The van der Waals surface area contributed by atoms with Crippen molar-refractivity contribution in [3.63, 3.8) is 0 Å². The summed E-state index contributed by atoms with van der Waals surface area (Å²) < 4.78 is 11.1. The maximum absolute atomic E-state index is 13.0. The Hall–Kier alpha value is -1.15. The Labute approximate surface area is 322 Å². The number of carbonyl (C=O) groups excluding carboxylic acids is 1. The van der Waals surface area contributed by atoms with E-state index in [0.29, 0.717) is 19.3 Å². The standard InChI is InChI=1S/C42H81NO10/c1-3-5-7-9-11-13-15-17-18-20-22-24-26-28-30-35(46)41(51)43-33(32-52-42-40(50)39(49)38(48)36(31-44)53-42)37(47)34(45)29-27-25-23-21-19-16-14-12-10-8-6-4-2/h13,15,33-40,42,44-50H,3-12,14,16-32H2,1-2H3,(H,43,51)/b15-13-. The van der Waals surface area contributed by atoms with Crippen LogP contribution in [0.4, 0.5) is 0 Å². The average Bonchev–Trinajstić information content (AvgIpc) is 3.16. The molecule has 1 fully saturated rings. The summed E-state index contributed by atoms with van der Waals surface area (Å²) in [5, 5.41) is 75.4. The second kappa shape index (κ2) is 33.0. The molecule has 11 nitrogen and oxygen atoms in total. The Balaban J connectivity index is 2.51. The van der Waals surface area contributed by atoms with Gasteiger partial charge < -0.3 is 50.5 Å². The Kier molecular flexibility index (Phi) is 31.1. The third-order valence-electron chi connectivity index (χ3n) is 10.6. The number of aliphatic hydroxyl groups is 7. The molecule has 0 aliphatic carbocycles. The number of unbranched alkanes of at least 4 members (excludes halogenated alkanes) is 21. The molecule has 1 aliphatic heterocycles. The highest BCUT2D eigenvalue weighted by Gasteiger charge is 2.44. The molecule has 0 bridgehead atoms. The van der Waals surface area contributed by atoms with Crippen LogP contribution >= 0.6 is 0 Å². The van der Waals surface area contributed by atoms with Gasteiger partial charge in [-0.3, -0.25) is 4.79 Å². The first kappa shape index (κ1) is 49.9. The quantitative estimate of drug-likeness (QED) is 0.0277. The summed E-state index contributed by atoms with van der Waals surface area (Å²) in [5.41, 5.74) is 0. The molecule has 8 N–H and O–H groups in total. The summed E-state index contributed by atoms with van der Waals surface area (Å²) in [6.07, 6.45) is 21.1. The molecule has 1 saturated heterocycles. The van der Waals surface area contributed by atoms with E-state index in [-0.39, 0.29) is 6.42 Å². The second-order valence-corrected chi connectivity index (χ2v) is 15.4. The van der Waals surface area contributed by atoms with Crippen molar-refractivity contribution in [2.24, 2.45) is 0 Å². The van der Waals surface area contributed by atoms with Crippen LogP contribution in [-0.2, 0) is 14.3 Å². The predicted octanol–water partition coefficient (Wildman–Crippen LogP) is 6.11. The minimum atomic E-state index is -1.66. The molecule has 11 heteroatoms. The molecule has 9 atom stereocenters. The first-order valence-electron chi connectivity index (χ1n) is 21.6. The lowest BCUT2D eigenvalue weighted by molar-refractivity contribution is -0.303. The van der Waals surface area contributed by atoms with E-state index in [1.54, 1.807) is 0 Å². The van der Waals surface area contributed by atoms with Crippen molar-refractivity contribution in [3.05, 3.63) is 12.2 Å². The highest BCUT2D eigenvalue weighted by molar-refractivity contribution is 5.80. The number of hydrogen-bond donors (Lipinski definition) is 8. The van der Waals surface area contributed by atoms with Gasteiger partial charge in [-0.2, -0.15) is 0 Å². The van der Waals surface area contributed by atoms with Crippen molar-refractivity contribution < 1.29 is 50.0 Å². The fourth-order valence-electron chi connectivity index (χ4n) is 6.90. The zero-order valence-electron chi connectivity index (χ0n) is 33.5. The van der Waals surface area contributed by atoms with Crippen molar-refractivity contribution in [2.75, 3.05) is 13.2 Å². The van der Waals surface area contributed by atoms with Gasteiger partial charge in [0, 0.05) is 0 Å². The Morgan fingerprint density at radius 1 is 0.642 bits per heavy atom. The number of aliphatic hydroxyl groups excluding tert-OH is 7. The summed E-state index contributed by atoms with van der Waals surface area (Å²) in [6, 6.07) is -1.16. The molecule has 53 heavy (non-hydrogen) atoms. The first-order valence-corrected chi connectivity index (χ1v) is 21.6. The van der Waals surface area contributed by atoms with Crippen LogP contribution in [0.25, 0.3) is 0 Å². The number of rotatable bonds is 35. The average molecular weight is 760 g/mol. The molecule has 0 aromatic rings. The molecule has 0 aromatic heterocycles. The topological polar surface area (TPSA) is 189 Å². The molecule has 0 aromatic carbocycles. The van der Waals surface area contributed by atoms with Crippen LogP contribution in [0.3, 0.4) is 0 Å². The maximum atomic E-state index is 13.0. The van der Waals surface area contributed by atoms with Gasteiger partial charge in [-0.15, -0.1) is 0 Å². The zero-order valence-corrected chi connectivity index (χ0v) is 33.5. The lowest BCUT2D eigenvalue weighted by Gasteiger charge is -2.40. The summed E-state index contributed by atoms with van der Waals surface area (Å²) >= 11 is 0. The van der Waals surface area contributed by atoms with Gasteiger partial charge >= 0.3 is 0 Å². The van der Waals surface area contributed by atoms with Crippen LogP contribution in [0.2, 0.25) is 0 Å². The van der Waals surface area contributed by atoms with Gasteiger partial charge in [-0.1, -0.05) is 154 Å². The van der Waals surface area contributed by atoms with E-state index in [2.05, 4.69) is 31.3 Å². The van der Waals surface area contributed by atoms with E-state index in [1.165, 1.54) is 83.5 Å². The van der Waals surface area contributed by atoms with Gasteiger partial charge in [0.05, 0.1) is 25.4 Å². The number of hydrogen-bond acceptors (Lipinski definition) is 10. The highest BCUT2D eigenvalue weighted by Crippen LogP contribution is 2.23. The fourth-order valence-corrected chi connectivity index (χ4v) is 6.90. The SMILES string of the molecule is CCCCCC/C=C\CCCCCCCCC(O)C(=O)NC(COC1OC(CO)C(O)C(O)C1O)C(O)C(O)CCCCCCCCCCCCCC. The first-order chi connectivity index (χ1) is 25.7. The molecule has 1 aliphatic rings. The van der Waals surface area contributed by atoms with Gasteiger partial charge in [-0.05, 0) is 38.5 Å². The third kappa shape index (κ3) is 23.5. The largest absolute Gasteiger partial charge is 0.394 e. The Morgan fingerprint density at radius 2 is 1.09 bits per heavy atom. The Morgan fingerprint density at radius 3 is 1.60 bits per heavy atom. The zero-order chi connectivity index (χ0) is 39.1. The molecule has 1 amide bonds. The summed E-state index contributed by atoms with van der Waals surface area (Å²) in [4.78, 5) is 13.0. The van der Waals surface area contributed by atoms with Crippen LogP contribution in [0, 0.1) is 0 Å². The number of amides is 1. The number of carbonyl (C=O) groups is 1. The van der Waals surface area contributed by atoms with Crippen LogP contribution in [0.15, 0.2) is 12.2 Å². The lowest BCUT2D eigenvalue weighted by Crippen LogP contribution is -2.60. The van der Waals surface area contributed by atoms with Crippen molar-refractivity contribution in [1.29, 1.82) is 0 Å². The third-order valence-corrected chi connectivity index (χ3v) is 10.6. The summed E-state index contributed by atoms with van der Waals surface area (Å²) in [7, 11) is 0. The minimum absolute atomic E-state index is 0.254. The predicted molar refractivity (Wildman–Crippen MR) is 210 cm³/mol. The van der Waals surface area contributed by atoms with Crippen LogP contribution in [-0.4, -0.2) is 110 Å². The molecular weight excluding hydrogens is 678 g/mol. The van der Waals surface area contributed by atoms with Gasteiger partial charge in [0.1, 0.15) is 36.6 Å². The van der Waals surface area contributed by atoms with E-state index in [9.17, 15) is 40.5 Å². The monoisotopic (exact) mass is 760 g/mol. The number of ether oxygens (including phenoxy) is 2. The molecule has 0 spiro atoms. The molecule has 1 rings (SSSR count). The normalized spacial score (nSPS) is 22.9. The van der Waals surface area contributed by atoms with Crippen molar-refractivity contribution >= 4 is 5.91 Å². The highest BCUT2D eigenvalue weighted by atomic mass is 16.7. The maximum Gasteiger partial charge on any atom is 0.249 e. The van der Waals surface area contributed by atoms with E-state index in [0.717, 1.165) is 57.8 Å². The van der Waals surface area contributed by atoms with Crippen molar-refractivity contribution in [2.45, 2.75) is 236 Å². The molecule has 9 unspecified atom stereocenters. The molecule has 1 heterocycles. The van der Waals surface area contributed by atoms with Crippen molar-refractivity contribution in [1.82, 2.24) is 5.32 Å². The lowest BCUT2D eigenvalue weighted by atomic mass is 9.98. The number of nitrogens with one attached hydrogen (secondary N) is 1. The summed E-state index contributed by atoms with van der Waals surface area (Å²) in [6.45, 7) is 3.40. The van der Waals surface area contributed by atoms with Gasteiger partial charge in [0.25, 0.3) is 0 Å². The van der Waals surface area contributed by atoms with Crippen LogP contribution < -0.4 is 5.32 Å². The van der Waals surface area contributed by atoms with Gasteiger partial charge in [0.15, 0.2) is 6.29 Å². The van der Waals surface area contributed by atoms with E-state index >= 15 is 0 Å². The number of allylic oxidation sites excluding steroid dienone is 2. The van der Waals surface area contributed by atoms with Gasteiger partial charge in [0.2, 0.25) is 5.91 Å². The van der Waals surface area contributed by atoms with Crippen LogP contribution in [0.1, 0.15) is 181 Å². The second-order valence-electron chi connectivity index (χ2n) is 15.4. The van der Waals surface area contributed by atoms with Crippen molar-refractivity contribution in [3.8, 4) is 0 Å². The smallest absolute Gasteiger partial charge is 0.249 e. The molecule has 314 valence electrons. The summed E-state index contributed by atoms with van der Waals surface area (Å²) in [5.74, 6) is -0.703. The molecule has 0 radical (unpaired) electrons. The molecule has 0 saturated carbocycles.